The first-order chi connectivity index (χ1) is 11.5. The molecule has 0 radical (unpaired) electrons. The highest BCUT2D eigenvalue weighted by molar-refractivity contribution is 5.92. The molecule has 1 N–H and O–H groups in total. The van der Waals surface area contributed by atoms with Gasteiger partial charge >= 0.3 is 5.97 Å². The standard InChI is InChI=1S/C16H17NO7/c1-2-22-14-8-12-15(16(19)24-14)11(7-13(18)23-12)9-3-5-10(6-4-9)17(20)21/h3-6,11,13-14,18H,2,7-8H2,1H3. The molecule has 3 unspecified atom stereocenters. The van der Waals surface area contributed by atoms with E-state index in [0.717, 1.165) is 0 Å². The summed E-state index contributed by atoms with van der Waals surface area (Å²) in [6.45, 7) is 2.17. The second-order valence-corrected chi connectivity index (χ2v) is 5.54. The van der Waals surface area contributed by atoms with Gasteiger partial charge < -0.3 is 19.3 Å². The van der Waals surface area contributed by atoms with Crippen molar-refractivity contribution in [1.82, 2.24) is 0 Å². The third-order valence-electron chi connectivity index (χ3n) is 4.03. The molecular weight excluding hydrogens is 318 g/mol. The molecule has 0 aromatic heterocycles. The summed E-state index contributed by atoms with van der Waals surface area (Å²) < 4.78 is 16.0. The molecule has 0 saturated heterocycles. The molecule has 24 heavy (non-hydrogen) atoms. The van der Waals surface area contributed by atoms with E-state index in [-0.39, 0.29) is 18.5 Å². The van der Waals surface area contributed by atoms with Gasteiger partial charge in [-0.1, -0.05) is 12.1 Å². The van der Waals surface area contributed by atoms with Gasteiger partial charge in [0.2, 0.25) is 6.29 Å². The summed E-state index contributed by atoms with van der Waals surface area (Å²) in [5.74, 6) is -0.642. The molecule has 1 aromatic rings. The van der Waals surface area contributed by atoms with Crippen molar-refractivity contribution in [2.24, 2.45) is 0 Å². The molecule has 0 aliphatic carbocycles. The van der Waals surface area contributed by atoms with Crippen molar-refractivity contribution in [3.05, 3.63) is 51.3 Å². The lowest BCUT2D eigenvalue weighted by Gasteiger charge is -2.35. The first-order valence-electron chi connectivity index (χ1n) is 7.64. The first-order valence-corrected chi connectivity index (χ1v) is 7.64. The average Bonchev–Trinajstić information content (AvgIpc) is 2.54. The summed E-state index contributed by atoms with van der Waals surface area (Å²) in [6.07, 6.45) is -1.39. The van der Waals surface area contributed by atoms with Crippen LogP contribution in [0.2, 0.25) is 0 Å². The molecule has 0 saturated carbocycles. The number of esters is 1. The van der Waals surface area contributed by atoms with Crippen molar-refractivity contribution in [1.29, 1.82) is 0 Å². The predicted molar refractivity (Wildman–Crippen MR) is 80.7 cm³/mol. The van der Waals surface area contributed by atoms with E-state index >= 15 is 0 Å². The van der Waals surface area contributed by atoms with Gasteiger partial charge in [-0.2, -0.15) is 0 Å². The van der Waals surface area contributed by atoms with Gasteiger partial charge in [-0.05, 0) is 12.5 Å². The molecule has 8 heteroatoms. The van der Waals surface area contributed by atoms with Crippen LogP contribution in [0.5, 0.6) is 0 Å². The smallest absolute Gasteiger partial charge is 0.340 e. The van der Waals surface area contributed by atoms with Crippen molar-refractivity contribution in [2.75, 3.05) is 6.61 Å². The van der Waals surface area contributed by atoms with Crippen LogP contribution < -0.4 is 0 Å². The van der Waals surface area contributed by atoms with E-state index < -0.39 is 29.4 Å². The first kappa shape index (κ1) is 16.4. The van der Waals surface area contributed by atoms with Gasteiger partial charge in [0.1, 0.15) is 5.76 Å². The zero-order valence-electron chi connectivity index (χ0n) is 13.0. The molecule has 0 spiro atoms. The van der Waals surface area contributed by atoms with Crippen LogP contribution in [0.15, 0.2) is 35.6 Å². The highest BCUT2D eigenvalue weighted by Gasteiger charge is 2.41. The third-order valence-corrected chi connectivity index (χ3v) is 4.03. The summed E-state index contributed by atoms with van der Waals surface area (Å²) in [7, 11) is 0. The number of carbonyl (C=O) groups excluding carboxylic acids is 1. The van der Waals surface area contributed by atoms with E-state index in [2.05, 4.69) is 0 Å². The maximum Gasteiger partial charge on any atom is 0.340 e. The Morgan fingerprint density at radius 2 is 2.04 bits per heavy atom. The van der Waals surface area contributed by atoms with Crippen LogP contribution in [-0.2, 0) is 19.0 Å². The Hall–Kier alpha value is -2.45. The number of non-ortho nitro benzene ring substituents is 1. The van der Waals surface area contributed by atoms with Crippen LogP contribution in [0.25, 0.3) is 0 Å². The number of aliphatic hydroxyl groups excluding tert-OH is 1. The van der Waals surface area contributed by atoms with Gasteiger partial charge in [0.15, 0.2) is 6.29 Å². The second kappa shape index (κ2) is 6.58. The third kappa shape index (κ3) is 3.10. The molecule has 8 nitrogen and oxygen atoms in total. The highest BCUT2D eigenvalue weighted by atomic mass is 16.7. The number of hydrogen-bond acceptors (Lipinski definition) is 7. The number of hydrogen-bond donors (Lipinski definition) is 1. The van der Waals surface area contributed by atoms with Crippen LogP contribution in [0.4, 0.5) is 5.69 Å². The summed E-state index contributed by atoms with van der Waals surface area (Å²) >= 11 is 0. The normalized spacial score (nSPS) is 26.4. The molecule has 2 heterocycles. The van der Waals surface area contributed by atoms with Gasteiger partial charge in [0, 0.05) is 31.1 Å². The molecule has 0 amide bonds. The number of nitro groups is 1. The van der Waals surface area contributed by atoms with Gasteiger partial charge in [0.05, 0.1) is 16.9 Å². The van der Waals surface area contributed by atoms with E-state index in [4.69, 9.17) is 14.2 Å². The minimum absolute atomic E-state index is 0.0387. The molecule has 3 rings (SSSR count). The maximum atomic E-state index is 12.3. The van der Waals surface area contributed by atoms with Crippen molar-refractivity contribution in [2.45, 2.75) is 38.3 Å². The molecular formula is C16H17NO7. The zero-order valence-corrected chi connectivity index (χ0v) is 13.0. The van der Waals surface area contributed by atoms with Gasteiger partial charge in [-0.15, -0.1) is 0 Å². The fraction of sp³-hybridized carbons (Fsp3) is 0.438. The fourth-order valence-electron chi connectivity index (χ4n) is 2.99. The Bertz CT molecular complexity index is 682. The summed E-state index contributed by atoms with van der Waals surface area (Å²) in [5, 5.41) is 20.7. The Morgan fingerprint density at radius 3 is 2.67 bits per heavy atom. The number of benzene rings is 1. The number of carbonyl (C=O) groups is 1. The molecule has 128 valence electrons. The monoisotopic (exact) mass is 335 g/mol. The number of ether oxygens (including phenoxy) is 3. The Morgan fingerprint density at radius 1 is 1.33 bits per heavy atom. The minimum atomic E-state index is -1.06. The van der Waals surface area contributed by atoms with Gasteiger partial charge in [0.25, 0.3) is 5.69 Å². The lowest BCUT2D eigenvalue weighted by atomic mass is 9.84. The predicted octanol–water partition coefficient (Wildman–Crippen LogP) is 1.98. The van der Waals surface area contributed by atoms with Gasteiger partial charge in [-0.25, -0.2) is 4.79 Å². The van der Waals surface area contributed by atoms with Crippen LogP contribution >= 0.6 is 0 Å². The van der Waals surface area contributed by atoms with Crippen LogP contribution in [-0.4, -0.2) is 35.2 Å². The lowest BCUT2D eigenvalue weighted by Crippen LogP contribution is -2.37. The molecule has 0 bridgehead atoms. The topological polar surface area (TPSA) is 108 Å². The number of rotatable bonds is 4. The fourth-order valence-corrected chi connectivity index (χ4v) is 2.99. The van der Waals surface area contributed by atoms with Gasteiger partial charge in [-0.3, -0.25) is 10.1 Å². The number of nitrogens with zero attached hydrogens (tertiary/aromatic N) is 1. The zero-order chi connectivity index (χ0) is 17.3. The molecule has 2 aliphatic rings. The molecule has 1 aromatic carbocycles. The quantitative estimate of drug-likeness (QED) is 0.509. The number of aliphatic hydroxyl groups is 1. The van der Waals surface area contributed by atoms with E-state index in [9.17, 15) is 20.0 Å². The Kier molecular flexibility index (Phi) is 4.50. The molecule has 3 atom stereocenters. The van der Waals surface area contributed by atoms with Crippen molar-refractivity contribution in [3.63, 3.8) is 0 Å². The molecule has 2 aliphatic heterocycles. The Labute approximate surface area is 137 Å². The lowest BCUT2D eigenvalue weighted by molar-refractivity contribution is -0.384. The second-order valence-electron chi connectivity index (χ2n) is 5.54. The Balaban J connectivity index is 1.93. The van der Waals surface area contributed by atoms with E-state index in [1.165, 1.54) is 12.1 Å². The summed E-state index contributed by atoms with van der Waals surface area (Å²) in [4.78, 5) is 22.6. The van der Waals surface area contributed by atoms with Crippen LogP contribution in [0.1, 0.15) is 31.2 Å². The minimum Gasteiger partial charge on any atom is -0.469 e. The van der Waals surface area contributed by atoms with E-state index in [1.807, 2.05) is 0 Å². The largest absolute Gasteiger partial charge is 0.469 e. The summed E-state index contributed by atoms with van der Waals surface area (Å²) in [5.41, 5.74) is 0.982. The van der Waals surface area contributed by atoms with Crippen molar-refractivity contribution in [3.8, 4) is 0 Å². The van der Waals surface area contributed by atoms with Crippen LogP contribution in [0.3, 0.4) is 0 Å². The van der Waals surface area contributed by atoms with E-state index in [0.29, 0.717) is 23.5 Å². The summed E-state index contributed by atoms with van der Waals surface area (Å²) in [6, 6.07) is 5.89. The molecule has 0 fully saturated rings. The number of cyclic esters (lactones) is 1. The highest BCUT2D eigenvalue weighted by Crippen LogP contribution is 2.41. The maximum absolute atomic E-state index is 12.3. The van der Waals surface area contributed by atoms with Crippen molar-refractivity contribution < 1.29 is 29.0 Å². The van der Waals surface area contributed by atoms with E-state index in [1.54, 1.807) is 19.1 Å². The SMILES string of the molecule is CCOC1CC2=C(C(=O)O1)C(c1ccc([N+](=O)[O-])cc1)CC(O)O2. The van der Waals surface area contributed by atoms with Crippen molar-refractivity contribution >= 4 is 11.7 Å². The number of nitro benzene ring substituents is 1. The van der Waals surface area contributed by atoms with Crippen LogP contribution in [0, 0.1) is 10.1 Å². The average molecular weight is 335 g/mol.